The zero-order chi connectivity index (χ0) is 16.0. The molecule has 0 aliphatic heterocycles. The molecule has 0 amide bonds. The first kappa shape index (κ1) is 17.6. The van der Waals surface area contributed by atoms with Crippen molar-refractivity contribution in [1.29, 1.82) is 0 Å². The van der Waals surface area contributed by atoms with E-state index < -0.39 is 18.4 Å². The van der Waals surface area contributed by atoms with Gasteiger partial charge in [-0.2, -0.15) is 0 Å². The fourth-order valence-electron chi connectivity index (χ4n) is 3.61. The SMILES string of the molecule is CCC[CH2][Sn]([CH3])([CH](C)c1ccccc1)[CH](C)c1ccccc1. The predicted molar refractivity (Wildman–Crippen MR) is 101 cm³/mol. The molecule has 1 heteroatoms. The summed E-state index contributed by atoms with van der Waals surface area (Å²) in [4.78, 5) is 2.69. The summed E-state index contributed by atoms with van der Waals surface area (Å²) in [5.41, 5.74) is 3.11. The van der Waals surface area contributed by atoms with Gasteiger partial charge in [0.2, 0.25) is 0 Å². The zero-order valence-corrected chi connectivity index (χ0v) is 17.4. The Morgan fingerprint density at radius 1 is 0.773 bits per heavy atom. The summed E-state index contributed by atoms with van der Waals surface area (Å²) >= 11 is -2.35. The van der Waals surface area contributed by atoms with Gasteiger partial charge in [-0.05, 0) is 0 Å². The van der Waals surface area contributed by atoms with E-state index in [9.17, 15) is 0 Å². The molecule has 0 fully saturated rings. The van der Waals surface area contributed by atoms with Crippen molar-refractivity contribution in [2.24, 2.45) is 0 Å². The van der Waals surface area contributed by atoms with Crippen LogP contribution in [0.4, 0.5) is 0 Å². The number of unbranched alkanes of at least 4 members (excludes halogenated alkanes) is 1. The average Bonchev–Trinajstić information content (AvgIpc) is 2.59. The molecule has 2 aromatic carbocycles. The number of benzene rings is 2. The molecule has 0 aliphatic rings. The maximum atomic E-state index is 2.69. The summed E-state index contributed by atoms with van der Waals surface area (Å²) in [6.45, 7) is 7.33. The number of hydrogen-bond acceptors (Lipinski definition) is 0. The van der Waals surface area contributed by atoms with Crippen molar-refractivity contribution in [3.05, 3.63) is 71.8 Å². The van der Waals surface area contributed by atoms with Gasteiger partial charge in [0.15, 0.2) is 0 Å². The molecule has 2 unspecified atom stereocenters. The van der Waals surface area contributed by atoms with Gasteiger partial charge in [-0.15, -0.1) is 0 Å². The van der Waals surface area contributed by atoms with Crippen LogP contribution in [0.1, 0.15) is 52.6 Å². The van der Waals surface area contributed by atoms with Crippen LogP contribution in [0.3, 0.4) is 0 Å². The van der Waals surface area contributed by atoms with Crippen LogP contribution in [0.5, 0.6) is 0 Å². The molecule has 2 atom stereocenters. The van der Waals surface area contributed by atoms with E-state index >= 15 is 0 Å². The Labute approximate surface area is 140 Å². The molecule has 0 saturated heterocycles. The molecule has 0 bridgehead atoms. The normalized spacial score (nSPS) is 16.7. The molecule has 0 saturated carbocycles. The molecule has 2 aromatic rings. The van der Waals surface area contributed by atoms with E-state index in [1.54, 1.807) is 11.1 Å². The second kappa shape index (κ2) is 8.19. The third-order valence-corrected chi connectivity index (χ3v) is 22.9. The Morgan fingerprint density at radius 3 is 1.55 bits per heavy atom. The van der Waals surface area contributed by atoms with Crippen LogP contribution >= 0.6 is 0 Å². The molecule has 0 N–H and O–H groups in total. The molecular formula is C21H30Sn. The van der Waals surface area contributed by atoms with Crippen LogP contribution in [-0.2, 0) is 0 Å². The average molecular weight is 401 g/mol. The molecule has 0 radical (unpaired) electrons. The molecule has 2 rings (SSSR count). The minimum absolute atomic E-state index is 0.761. The Bertz CT molecular complexity index is 501. The molecule has 0 heterocycles. The van der Waals surface area contributed by atoms with E-state index in [1.807, 2.05) is 0 Å². The molecular weight excluding hydrogens is 371 g/mol. The van der Waals surface area contributed by atoms with Crippen LogP contribution in [0.25, 0.3) is 0 Å². The van der Waals surface area contributed by atoms with Crippen molar-refractivity contribution in [3.63, 3.8) is 0 Å². The third-order valence-electron chi connectivity index (χ3n) is 5.65. The van der Waals surface area contributed by atoms with Gasteiger partial charge in [-0.3, -0.25) is 0 Å². The molecule has 0 spiro atoms. The summed E-state index contributed by atoms with van der Waals surface area (Å²) in [6.07, 6.45) is 2.70. The van der Waals surface area contributed by atoms with E-state index in [2.05, 4.69) is 86.4 Å². The predicted octanol–water partition coefficient (Wildman–Crippen LogP) is 6.55. The van der Waals surface area contributed by atoms with Gasteiger partial charge >= 0.3 is 141 Å². The van der Waals surface area contributed by atoms with Crippen molar-refractivity contribution in [2.45, 2.75) is 50.9 Å². The zero-order valence-electron chi connectivity index (χ0n) is 14.5. The summed E-state index contributed by atoms with van der Waals surface area (Å²) in [6, 6.07) is 22.4. The van der Waals surface area contributed by atoms with Crippen molar-refractivity contribution >= 4 is 18.4 Å². The van der Waals surface area contributed by atoms with Crippen LogP contribution < -0.4 is 0 Å². The molecule has 22 heavy (non-hydrogen) atoms. The summed E-state index contributed by atoms with van der Waals surface area (Å²) in [7, 11) is 0. The van der Waals surface area contributed by atoms with E-state index in [0.29, 0.717) is 0 Å². The van der Waals surface area contributed by atoms with Crippen LogP contribution in [-0.4, -0.2) is 18.4 Å². The Hall–Kier alpha value is -0.761. The monoisotopic (exact) mass is 402 g/mol. The second-order valence-electron chi connectivity index (χ2n) is 6.87. The molecule has 0 aliphatic carbocycles. The summed E-state index contributed by atoms with van der Waals surface area (Å²) in [5.74, 6) is 0. The molecule has 0 aromatic heterocycles. The van der Waals surface area contributed by atoms with Crippen molar-refractivity contribution in [2.75, 3.05) is 0 Å². The van der Waals surface area contributed by atoms with Crippen molar-refractivity contribution < 1.29 is 0 Å². The molecule has 0 nitrogen and oxygen atoms in total. The van der Waals surface area contributed by atoms with Gasteiger partial charge in [0, 0.05) is 0 Å². The van der Waals surface area contributed by atoms with Gasteiger partial charge in [0.1, 0.15) is 0 Å². The first-order valence-electron chi connectivity index (χ1n) is 8.69. The second-order valence-corrected chi connectivity index (χ2v) is 21.8. The number of hydrogen-bond donors (Lipinski definition) is 0. The first-order valence-corrected chi connectivity index (χ1v) is 16.9. The van der Waals surface area contributed by atoms with Crippen molar-refractivity contribution in [3.8, 4) is 0 Å². The fourth-order valence-corrected chi connectivity index (χ4v) is 16.9. The fraction of sp³-hybridized carbons (Fsp3) is 0.429. The van der Waals surface area contributed by atoms with Crippen LogP contribution in [0.15, 0.2) is 60.7 Å². The van der Waals surface area contributed by atoms with Gasteiger partial charge in [-0.1, -0.05) is 0 Å². The third kappa shape index (κ3) is 3.95. The van der Waals surface area contributed by atoms with E-state index in [1.165, 1.54) is 17.3 Å². The Kier molecular flexibility index (Phi) is 6.55. The number of rotatable bonds is 7. The standard InChI is InChI=1S/2C8H9.C4H9.CH3.Sn/c2*1-2-8-6-4-3-5-7-8;1-3-4-2;;/h2*2-7H,1H3;1,3-4H2,2H3;1H3;. The van der Waals surface area contributed by atoms with Gasteiger partial charge < -0.3 is 0 Å². The van der Waals surface area contributed by atoms with E-state index in [-0.39, 0.29) is 0 Å². The van der Waals surface area contributed by atoms with Gasteiger partial charge in [0.05, 0.1) is 0 Å². The molecule has 118 valence electrons. The van der Waals surface area contributed by atoms with Gasteiger partial charge in [0.25, 0.3) is 0 Å². The van der Waals surface area contributed by atoms with E-state index in [4.69, 9.17) is 0 Å². The van der Waals surface area contributed by atoms with Crippen LogP contribution in [0.2, 0.25) is 9.38 Å². The quantitative estimate of drug-likeness (QED) is 0.462. The maximum absolute atomic E-state index is 2.69. The van der Waals surface area contributed by atoms with Crippen molar-refractivity contribution in [1.82, 2.24) is 0 Å². The minimum atomic E-state index is -2.35. The summed E-state index contributed by atoms with van der Waals surface area (Å²) < 4.78 is 3.01. The van der Waals surface area contributed by atoms with Crippen LogP contribution in [0, 0.1) is 0 Å². The topological polar surface area (TPSA) is 0 Å². The first-order chi connectivity index (χ1) is 10.6. The van der Waals surface area contributed by atoms with E-state index in [0.717, 1.165) is 7.87 Å². The Morgan fingerprint density at radius 2 is 1.18 bits per heavy atom. The van der Waals surface area contributed by atoms with Gasteiger partial charge in [-0.25, -0.2) is 0 Å². The summed E-state index contributed by atoms with van der Waals surface area (Å²) in [5, 5.41) is 0. The Balaban J connectivity index is 2.34.